The molecule has 1 nitrogen and oxygen atoms in total. The molecule has 0 atom stereocenters. The first kappa shape index (κ1) is 16.3. The molecule has 0 radical (unpaired) electrons. The van der Waals surface area contributed by atoms with Crippen LogP contribution in [0.5, 0.6) is 0 Å². The van der Waals surface area contributed by atoms with Crippen LogP contribution in [0.1, 0.15) is 11.1 Å². The van der Waals surface area contributed by atoms with Gasteiger partial charge in [-0.3, -0.25) is 4.98 Å². The van der Waals surface area contributed by atoms with E-state index in [-0.39, 0.29) is 5.41 Å². The third kappa shape index (κ3) is 3.38. The zero-order chi connectivity index (χ0) is 14.6. The predicted molar refractivity (Wildman–Crippen MR) is 93.7 cm³/mol. The first-order valence-corrected chi connectivity index (χ1v) is 9.08. The normalized spacial score (nSPS) is 11.6. The van der Waals surface area contributed by atoms with E-state index in [1.54, 1.807) is 12.4 Å². The number of benzene rings is 1. The summed E-state index contributed by atoms with van der Waals surface area (Å²) < 4.78 is 0. The van der Waals surface area contributed by atoms with Crippen LogP contribution in [-0.4, -0.2) is 15.6 Å². The van der Waals surface area contributed by atoms with Crippen molar-refractivity contribution >= 4 is 55.1 Å². The Bertz CT molecular complexity index is 586. The molecule has 0 saturated carbocycles. The van der Waals surface area contributed by atoms with Gasteiger partial charge in [0, 0.05) is 33.5 Å². The molecule has 1 aromatic heterocycles. The molecule has 20 heavy (non-hydrogen) atoms. The van der Waals surface area contributed by atoms with E-state index in [1.165, 1.54) is 0 Å². The summed E-state index contributed by atoms with van der Waals surface area (Å²) in [7, 11) is 0. The Morgan fingerprint density at radius 1 is 1.00 bits per heavy atom. The number of aromatic nitrogens is 1. The molecule has 2 aromatic rings. The number of rotatable bonds is 5. The van der Waals surface area contributed by atoms with Crippen molar-refractivity contribution in [2.75, 3.05) is 10.7 Å². The number of hydrogen-bond donors (Lipinski definition) is 0. The van der Waals surface area contributed by atoms with Gasteiger partial charge in [0.15, 0.2) is 0 Å². The molecule has 0 amide bonds. The summed E-state index contributed by atoms with van der Waals surface area (Å²) in [4.78, 5) is 4.04. The fourth-order valence-corrected chi connectivity index (χ4v) is 4.62. The van der Waals surface area contributed by atoms with E-state index in [1.807, 2.05) is 24.3 Å². The van der Waals surface area contributed by atoms with E-state index >= 15 is 0 Å². The largest absolute Gasteiger partial charge is 0.263 e. The zero-order valence-electron chi connectivity index (χ0n) is 10.6. The smallest absolute Gasteiger partial charge is 0.0621 e. The number of nitrogens with zero attached hydrogens (tertiary/aromatic N) is 1. The Balaban J connectivity index is 2.46. The third-order valence-corrected chi connectivity index (χ3v) is 6.16. The highest BCUT2D eigenvalue weighted by molar-refractivity contribution is 9.09. The lowest BCUT2D eigenvalue weighted by Gasteiger charge is -2.32. The van der Waals surface area contributed by atoms with Gasteiger partial charge in [-0.15, -0.1) is 0 Å². The maximum atomic E-state index is 6.39. The maximum absolute atomic E-state index is 6.39. The Hall–Kier alpha value is -0.0900. The van der Waals surface area contributed by atoms with Gasteiger partial charge in [-0.1, -0.05) is 73.3 Å². The minimum Gasteiger partial charge on any atom is -0.263 e. The maximum Gasteiger partial charge on any atom is 0.0621 e. The van der Waals surface area contributed by atoms with Crippen molar-refractivity contribution in [1.29, 1.82) is 0 Å². The molecule has 0 spiro atoms. The minimum atomic E-state index is -0.149. The average Bonchev–Trinajstić information content (AvgIpc) is 2.48. The third-order valence-electron chi connectivity index (χ3n) is 3.34. The number of pyridine rings is 1. The van der Waals surface area contributed by atoms with E-state index in [0.29, 0.717) is 5.02 Å². The second kappa shape index (κ2) is 7.26. The van der Waals surface area contributed by atoms with Crippen molar-refractivity contribution in [2.45, 2.75) is 11.8 Å². The van der Waals surface area contributed by atoms with Crippen LogP contribution in [0.4, 0.5) is 0 Å². The van der Waals surface area contributed by atoms with Crippen LogP contribution in [0.2, 0.25) is 10.0 Å². The van der Waals surface area contributed by atoms with Crippen LogP contribution >= 0.6 is 55.1 Å². The minimum absolute atomic E-state index is 0.149. The lowest BCUT2D eigenvalue weighted by molar-refractivity contribution is 0.551. The van der Waals surface area contributed by atoms with Crippen LogP contribution in [0.15, 0.2) is 42.7 Å². The van der Waals surface area contributed by atoms with Crippen molar-refractivity contribution in [2.24, 2.45) is 0 Å². The lowest BCUT2D eigenvalue weighted by atomic mass is 9.79. The second-order valence-electron chi connectivity index (χ2n) is 4.67. The zero-order valence-corrected chi connectivity index (χ0v) is 15.3. The van der Waals surface area contributed by atoms with E-state index in [2.05, 4.69) is 42.9 Å². The summed E-state index contributed by atoms with van der Waals surface area (Å²) in [6.45, 7) is 0. The molecule has 1 aromatic carbocycles. The Labute approximate surface area is 146 Å². The molecule has 106 valence electrons. The predicted octanol–water partition coefficient (Wildman–Crippen LogP) is 5.66. The van der Waals surface area contributed by atoms with Gasteiger partial charge in [-0.2, -0.15) is 0 Å². The topological polar surface area (TPSA) is 12.9 Å². The van der Waals surface area contributed by atoms with Gasteiger partial charge in [0.2, 0.25) is 0 Å². The quantitative estimate of drug-likeness (QED) is 0.550. The summed E-state index contributed by atoms with van der Waals surface area (Å²) in [5, 5.41) is 3.03. The summed E-state index contributed by atoms with van der Waals surface area (Å²) in [6.07, 6.45) is 4.23. The van der Waals surface area contributed by atoms with Gasteiger partial charge in [0.1, 0.15) is 0 Å². The van der Waals surface area contributed by atoms with E-state index in [9.17, 15) is 0 Å². The molecule has 2 rings (SSSR count). The number of halogens is 4. The fourth-order valence-electron chi connectivity index (χ4n) is 2.17. The van der Waals surface area contributed by atoms with Gasteiger partial charge < -0.3 is 0 Å². The van der Waals surface area contributed by atoms with Crippen LogP contribution in [0.3, 0.4) is 0 Å². The monoisotopic (exact) mass is 435 g/mol. The summed E-state index contributed by atoms with van der Waals surface area (Å²) >= 11 is 19.9. The van der Waals surface area contributed by atoms with Crippen molar-refractivity contribution in [1.82, 2.24) is 4.98 Å². The Morgan fingerprint density at radius 3 is 2.30 bits per heavy atom. The SMILES string of the molecule is Clc1cnccc1CC(CBr)(CBr)c1ccccc1Cl. The van der Waals surface area contributed by atoms with Crippen LogP contribution in [0, 0.1) is 0 Å². The van der Waals surface area contributed by atoms with Crippen molar-refractivity contribution < 1.29 is 0 Å². The van der Waals surface area contributed by atoms with Crippen LogP contribution in [0.25, 0.3) is 0 Å². The van der Waals surface area contributed by atoms with E-state index in [4.69, 9.17) is 23.2 Å². The Kier molecular flexibility index (Phi) is 5.91. The molecule has 0 unspecified atom stereocenters. The van der Waals surface area contributed by atoms with Gasteiger partial charge >= 0.3 is 0 Å². The summed E-state index contributed by atoms with van der Waals surface area (Å²) in [5.41, 5.74) is 2.03. The van der Waals surface area contributed by atoms with Crippen LogP contribution < -0.4 is 0 Å². The van der Waals surface area contributed by atoms with E-state index < -0.39 is 0 Å². The number of alkyl halides is 2. The molecular weight excluding hydrogens is 425 g/mol. The standard InChI is InChI=1S/C15H13Br2Cl2N/c16-9-15(10-17,12-3-1-2-4-13(12)18)7-11-5-6-20-8-14(11)19/h1-6,8H,7,9-10H2. The van der Waals surface area contributed by atoms with Crippen molar-refractivity contribution in [3.8, 4) is 0 Å². The molecule has 0 fully saturated rings. The first-order valence-electron chi connectivity index (χ1n) is 6.08. The highest BCUT2D eigenvalue weighted by atomic mass is 79.9. The highest BCUT2D eigenvalue weighted by Crippen LogP contribution is 2.37. The first-order chi connectivity index (χ1) is 9.63. The molecule has 0 N–H and O–H groups in total. The molecule has 5 heteroatoms. The molecule has 0 bridgehead atoms. The summed E-state index contributed by atoms with van der Waals surface area (Å²) in [6, 6.07) is 9.90. The fraction of sp³-hybridized carbons (Fsp3) is 0.267. The molecule has 0 aliphatic heterocycles. The van der Waals surface area contributed by atoms with Crippen molar-refractivity contribution in [3.05, 3.63) is 63.9 Å². The van der Waals surface area contributed by atoms with Gasteiger partial charge in [-0.25, -0.2) is 0 Å². The highest BCUT2D eigenvalue weighted by Gasteiger charge is 2.32. The molecular formula is C15H13Br2Cl2N. The van der Waals surface area contributed by atoms with Crippen LogP contribution in [-0.2, 0) is 11.8 Å². The van der Waals surface area contributed by atoms with Gasteiger partial charge in [-0.05, 0) is 29.7 Å². The number of hydrogen-bond acceptors (Lipinski definition) is 1. The average molecular weight is 438 g/mol. The van der Waals surface area contributed by atoms with E-state index in [0.717, 1.165) is 33.2 Å². The molecule has 1 heterocycles. The van der Waals surface area contributed by atoms with Gasteiger partial charge in [0.05, 0.1) is 5.02 Å². The lowest BCUT2D eigenvalue weighted by Crippen LogP contribution is -2.33. The summed E-state index contributed by atoms with van der Waals surface area (Å²) in [5.74, 6) is 0. The van der Waals surface area contributed by atoms with Gasteiger partial charge in [0.25, 0.3) is 0 Å². The molecule has 0 aliphatic carbocycles. The Morgan fingerprint density at radius 2 is 1.70 bits per heavy atom. The molecule has 0 aliphatic rings. The second-order valence-corrected chi connectivity index (χ2v) is 6.61. The molecule has 0 saturated heterocycles. The van der Waals surface area contributed by atoms with Crippen molar-refractivity contribution in [3.63, 3.8) is 0 Å².